The van der Waals surface area contributed by atoms with Gasteiger partial charge in [-0.3, -0.25) is 4.79 Å². The van der Waals surface area contributed by atoms with Gasteiger partial charge < -0.3 is 28.8 Å². The van der Waals surface area contributed by atoms with Crippen LogP contribution in [0.25, 0.3) is 20.7 Å². The monoisotopic (exact) mass is 598 g/mol. The van der Waals surface area contributed by atoms with E-state index in [0.29, 0.717) is 25.0 Å². The van der Waals surface area contributed by atoms with Gasteiger partial charge in [0.1, 0.15) is 27.6 Å². The first kappa shape index (κ1) is 29.9. The summed E-state index contributed by atoms with van der Waals surface area (Å²) in [6, 6.07) is 23.3. The molecule has 0 spiro atoms. The van der Waals surface area contributed by atoms with Gasteiger partial charge in [-0.05, 0) is 54.4 Å². The van der Waals surface area contributed by atoms with E-state index in [4.69, 9.17) is 18.9 Å². The molecule has 222 valence electrons. The number of pyridine rings is 1. The van der Waals surface area contributed by atoms with E-state index in [2.05, 4.69) is 5.32 Å². The van der Waals surface area contributed by atoms with Crippen molar-refractivity contribution in [3.8, 4) is 27.7 Å². The summed E-state index contributed by atoms with van der Waals surface area (Å²) in [6.45, 7) is 3.19. The number of benzene rings is 3. The van der Waals surface area contributed by atoms with Gasteiger partial charge in [0.2, 0.25) is 5.43 Å². The number of fused-ring (bicyclic) bond motifs is 1. The number of aromatic nitrogens is 1. The van der Waals surface area contributed by atoms with Crippen molar-refractivity contribution in [3.05, 3.63) is 111 Å². The van der Waals surface area contributed by atoms with Crippen molar-refractivity contribution in [2.24, 2.45) is 0 Å². The second-order valence-corrected chi connectivity index (χ2v) is 10.8. The minimum atomic E-state index is -0.645. The summed E-state index contributed by atoms with van der Waals surface area (Å²) in [5.41, 5.74) is 3.31. The number of ether oxygens (including phenoxy) is 4. The van der Waals surface area contributed by atoms with Crippen LogP contribution in [0.15, 0.2) is 83.8 Å². The minimum Gasteiger partial charge on any atom is -0.497 e. The number of para-hydroxylation sites is 2. The van der Waals surface area contributed by atoms with Crippen molar-refractivity contribution < 1.29 is 23.7 Å². The fourth-order valence-corrected chi connectivity index (χ4v) is 6.40. The summed E-state index contributed by atoms with van der Waals surface area (Å²) in [5, 5.41) is 4.00. The quantitative estimate of drug-likeness (QED) is 0.169. The van der Waals surface area contributed by atoms with E-state index in [-0.39, 0.29) is 17.6 Å². The number of carbonyl (C=O) groups excluding carboxylic acids is 1. The molecule has 5 rings (SSSR count). The Kier molecular flexibility index (Phi) is 9.44. The normalized spacial score (nSPS) is 11.0. The van der Waals surface area contributed by atoms with Crippen molar-refractivity contribution in [1.82, 2.24) is 9.88 Å². The van der Waals surface area contributed by atoms with Crippen LogP contribution in [0.1, 0.15) is 34.0 Å². The Morgan fingerprint density at radius 2 is 1.49 bits per heavy atom. The maximum Gasteiger partial charge on any atom is 0.343 e. The van der Waals surface area contributed by atoms with Crippen LogP contribution in [0.4, 0.5) is 0 Å². The zero-order valence-electron chi connectivity index (χ0n) is 24.6. The molecule has 0 atom stereocenters. The molecule has 8 nitrogen and oxygen atoms in total. The Morgan fingerprint density at radius 3 is 2.14 bits per heavy atom. The third-order valence-corrected chi connectivity index (χ3v) is 8.51. The first-order valence-corrected chi connectivity index (χ1v) is 14.8. The largest absolute Gasteiger partial charge is 0.497 e. The molecule has 3 aromatic carbocycles. The summed E-state index contributed by atoms with van der Waals surface area (Å²) < 4.78 is 23.8. The minimum absolute atomic E-state index is 0.00527. The fourth-order valence-electron chi connectivity index (χ4n) is 5.10. The number of hydrogen-bond donors (Lipinski definition) is 1. The number of esters is 1. The SMILES string of the molecule is CCOC(=O)c1cn(Cc2ccccc2OC)c2sc(-c3ccc(OC)cc3)c(CNCc3ccccc3OC)c2c1=O. The van der Waals surface area contributed by atoms with E-state index in [0.717, 1.165) is 49.2 Å². The van der Waals surface area contributed by atoms with Crippen LogP contribution < -0.4 is 25.0 Å². The van der Waals surface area contributed by atoms with Crippen LogP contribution >= 0.6 is 11.3 Å². The number of thiophene rings is 1. The van der Waals surface area contributed by atoms with Crippen molar-refractivity contribution in [1.29, 1.82) is 0 Å². The van der Waals surface area contributed by atoms with Crippen molar-refractivity contribution in [2.75, 3.05) is 27.9 Å². The molecule has 0 radical (unpaired) electrons. The van der Waals surface area contributed by atoms with Crippen molar-refractivity contribution >= 4 is 27.5 Å². The lowest BCUT2D eigenvalue weighted by atomic mass is 10.0. The summed E-state index contributed by atoms with van der Waals surface area (Å²) in [5.74, 6) is 1.59. The molecule has 0 fully saturated rings. The van der Waals surface area contributed by atoms with E-state index in [1.807, 2.05) is 77.4 Å². The number of hydrogen-bond acceptors (Lipinski definition) is 8. The van der Waals surface area contributed by atoms with E-state index < -0.39 is 5.97 Å². The van der Waals surface area contributed by atoms with E-state index in [1.165, 1.54) is 11.3 Å². The van der Waals surface area contributed by atoms with E-state index >= 15 is 0 Å². The molecule has 0 aliphatic carbocycles. The molecule has 2 aromatic heterocycles. The summed E-state index contributed by atoms with van der Waals surface area (Å²) in [7, 11) is 4.90. The lowest BCUT2D eigenvalue weighted by molar-refractivity contribution is 0.0524. The molecular formula is C34H34N2O6S. The Labute approximate surface area is 254 Å². The zero-order valence-corrected chi connectivity index (χ0v) is 25.5. The predicted octanol–water partition coefficient (Wildman–Crippen LogP) is 6.27. The van der Waals surface area contributed by atoms with Crippen molar-refractivity contribution in [2.45, 2.75) is 26.6 Å². The topological polar surface area (TPSA) is 88.0 Å². The number of carbonyl (C=O) groups is 1. The maximum atomic E-state index is 14.1. The molecule has 9 heteroatoms. The van der Waals surface area contributed by atoms with E-state index in [9.17, 15) is 9.59 Å². The summed E-state index contributed by atoms with van der Waals surface area (Å²) in [6.07, 6.45) is 1.61. The second kappa shape index (κ2) is 13.6. The van der Waals surface area contributed by atoms with Gasteiger partial charge in [0.05, 0.1) is 39.9 Å². The second-order valence-electron chi connectivity index (χ2n) is 9.77. The zero-order chi connectivity index (χ0) is 30.3. The van der Waals surface area contributed by atoms with Crippen LogP contribution in [-0.2, 0) is 24.4 Å². The highest BCUT2D eigenvalue weighted by Crippen LogP contribution is 2.39. The lowest BCUT2D eigenvalue weighted by Crippen LogP contribution is -2.22. The number of nitrogens with zero attached hydrogens (tertiary/aromatic N) is 1. The molecular weight excluding hydrogens is 564 g/mol. The Hall–Kier alpha value is -4.60. The van der Waals surface area contributed by atoms with E-state index in [1.54, 1.807) is 34.4 Å². The fraction of sp³-hybridized carbons (Fsp3) is 0.235. The average molecular weight is 599 g/mol. The van der Waals surface area contributed by atoms with Gasteiger partial charge in [-0.1, -0.05) is 36.4 Å². The summed E-state index contributed by atoms with van der Waals surface area (Å²) in [4.78, 5) is 28.8. The Bertz CT molecular complexity index is 1790. The standard InChI is InChI=1S/C34H34N2O6S/c1-5-42-34(38)27-21-36(20-24-11-7-9-13-29(24)41-4)33-30(31(27)37)26(19-35-18-23-10-6-8-12-28(23)40-3)32(43-33)22-14-16-25(39-2)17-15-22/h6-17,21,35H,5,18-20H2,1-4H3. The first-order chi connectivity index (χ1) is 21.0. The van der Waals surface area contributed by atoms with Crippen molar-refractivity contribution in [3.63, 3.8) is 0 Å². The Balaban J connectivity index is 1.69. The van der Waals surface area contributed by atoms with Crippen LogP contribution in [0.5, 0.6) is 17.2 Å². The number of nitrogens with one attached hydrogen (secondary N) is 1. The molecule has 0 saturated heterocycles. The third-order valence-electron chi connectivity index (χ3n) is 7.20. The number of rotatable bonds is 12. The molecule has 1 N–H and O–H groups in total. The highest BCUT2D eigenvalue weighted by atomic mass is 32.1. The van der Waals surface area contributed by atoms with Crippen LogP contribution in [0.2, 0.25) is 0 Å². The smallest absolute Gasteiger partial charge is 0.343 e. The van der Waals surface area contributed by atoms with Gasteiger partial charge in [0, 0.05) is 35.3 Å². The molecule has 0 bridgehead atoms. The van der Waals surface area contributed by atoms with Crippen LogP contribution in [0.3, 0.4) is 0 Å². The third kappa shape index (κ3) is 6.28. The van der Waals surface area contributed by atoms with Gasteiger partial charge in [0.25, 0.3) is 0 Å². The average Bonchev–Trinajstić information content (AvgIpc) is 3.43. The molecule has 0 unspecified atom stereocenters. The first-order valence-electron chi connectivity index (χ1n) is 13.9. The molecule has 43 heavy (non-hydrogen) atoms. The highest BCUT2D eigenvalue weighted by Gasteiger charge is 2.24. The molecule has 0 aliphatic heterocycles. The number of methoxy groups -OCH3 is 3. The molecule has 0 saturated carbocycles. The highest BCUT2D eigenvalue weighted by molar-refractivity contribution is 7.22. The molecule has 5 aromatic rings. The summed E-state index contributed by atoms with van der Waals surface area (Å²) >= 11 is 1.52. The lowest BCUT2D eigenvalue weighted by Gasteiger charge is -2.14. The van der Waals surface area contributed by atoms with Gasteiger partial charge in [-0.25, -0.2) is 4.79 Å². The maximum absolute atomic E-state index is 14.1. The van der Waals surface area contributed by atoms with Gasteiger partial charge in [-0.2, -0.15) is 0 Å². The van der Waals surface area contributed by atoms with Crippen LogP contribution in [-0.4, -0.2) is 38.5 Å². The van der Waals surface area contributed by atoms with Gasteiger partial charge in [-0.15, -0.1) is 11.3 Å². The molecule has 0 amide bonds. The molecule has 0 aliphatic rings. The molecule has 2 heterocycles. The van der Waals surface area contributed by atoms with Gasteiger partial charge >= 0.3 is 5.97 Å². The van der Waals surface area contributed by atoms with Gasteiger partial charge in [0.15, 0.2) is 0 Å². The van der Waals surface area contributed by atoms with Crippen LogP contribution in [0, 0.1) is 0 Å². The predicted molar refractivity (Wildman–Crippen MR) is 170 cm³/mol. The Morgan fingerprint density at radius 1 is 0.837 bits per heavy atom.